The van der Waals surface area contributed by atoms with Crippen LogP contribution >= 0.6 is 0 Å². The van der Waals surface area contributed by atoms with E-state index in [9.17, 15) is 9.59 Å². The first-order chi connectivity index (χ1) is 12.2. The van der Waals surface area contributed by atoms with Gasteiger partial charge in [-0.15, -0.1) is 0 Å². The molecule has 0 aliphatic carbocycles. The monoisotopic (exact) mass is 340 g/mol. The van der Waals surface area contributed by atoms with Crippen LogP contribution in [0.1, 0.15) is 11.1 Å². The summed E-state index contributed by atoms with van der Waals surface area (Å²) < 4.78 is 10.3. The van der Waals surface area contributed by atoms with Crippen LogP contribution in [0.25, 0.3) is 0 Å². The van der Waals surface area contributed by atoms with Crippen molar-refractivity contribution in [2.45, 2.75) is 19.1 Å². The van der Waals surface area contributed by atoms with Gasteiger partial charge in [-0.1, -0.05) is 42.5 Å². The lowest BCUT2D eigenvalue weighted by atomic mass is 10.1. The van der Waals surface area contributed by atoms with Gasteiger partial charge in [0.2, 0.25) is 5.91 Å². The number of cyclic esters (lactones) is 1. The molecule has 1 fully saturated rings. The summed E-state index contributed by atoms with van der Waals surface area (Å²) in [5, 5.41) is 2.86. The first-order valence-corrected chi connectivity index (χ1v) is 8.05. The van der Waals surface area contributed by atoms with E-state index in [1.807, 2.05) is 54.6 Å². The summed E-state index contributed by atoms with van der Waals surface area (Å²) in [7, 11) is 1.59. The van der Waals surface area contributed by atoms with Gasteiger partial charge in [-0.25, -0.2) is 4.79 Å². The molecule has 0 unspecified atom stereocenters. The number of nitrogens with zero attached hydrogens (tertiary/aromatic N) is 1. The number of nitrogens with one attached hydrogen (secondary N) is 1. The SMILES string of the molecule is COc1cccc(CN2C(=O)OC[C@H]2C(=O)NCc2ccccc2)c1. The molecular formula is C19H20N2O4. The van der Waals surface area contributed by atoms with Crippen LogP contribution in [0, 0.1) is 0 Å². The lowest BCUT2D eigenvalue weighted by Crippen LogP contribution is -2.45. The van der Waals surface area contributed by atoms with E-state index in [2.05, 4.69) is 5.32 Å². The van der Waals surface area contributed by atoms with Crippen molar-refractivity contribution >= 4 is 12.0 Å². The number of hydrogen-bond donors (Lipinski definition) is 1. The fourth-order valence-corrected chi connectivity index (χ4v) is 2.71. The Labute approximate surface area is 146 Å². The molecule has 3 rings (SSSR count). The Balaban J connectivity index is 1.65. The molecule has 0 radical (unpaired) electrons. The van der Waals surface area contributed by atoms with Gasteiger partial charge in [0.15, 0.2) is 0 Å². The smallest absolute Gasteiger partial charge is 0.410 e. The zero-order valence-corrected chi connectivity index (χ0v) is 14.0. The van der Waals surface area contributed by atoms with Crippen molar-refractivity contribution in [1.29, 1.82) is 0 Å². The largest absolute Gasteiger partial charge is 0.497 e. The predicted molar refractivity (Wildman–Crippen MR) is 92.0 cm³/mol. The van der Waals surface area contributed by atoms with Gasteiger partial charge in [-0.3, -0.25) is 9.69 Å². The third kappa shape index (κ3) is 4.09. The zero-order valence-electron chi connectivity index (χ0n) is 14.0. The van der Waals surface area contributed by atoms with Crippen molar-refractivity contribution in [2.24, 2.45) is 0 Å². The second-order valence-corrected chi connectivity index (χ2v) is 5.78. The Kier molecular flexibility index (Phi) is 5.18. The van der Waals surface area contributed by atoms with Crippen molar-refractivity contribution in [2.75, 3.05) is 13.7 Å². The molecule has 1 aliphatic rings. The van der Waals surface area contributed by atoms with Gasteiger partial charge in [0.25, 0.3) is 0 Å². The van der Waals surface area contributed by atoms with Crippen LogP contribution in [0.15, 0.2) is 54.6 Å². The molecule has 0 saturated carbocycles. The van der Waals surface area contributed by atoms with Crippen LogP contribution < -0.4 is 10.1 Å². The molecule has 25 heavy (non-hydrogen) atoms. The van der Waals surface area contributed by atoms with Crippen LogP contribution in [0.2, 0.25) is 0 Å². The van der Waals surface area contributed by atoms with Crippen molar-refractivity contribution in [3.05, 3.63) is 65.7 Å². The quantitative estimate of drug-likeness (QED) is 0.876. The summed E-state index contributed by atoms with van der Waals surface area (Å²) in [5.41, 5.74) is 1.87. The van der Waals surface area contributed by atoms with E-state index in [4.69, 9.17) is 9.47 Å². The standard InChI is InChI=1S/C19H20N2O4/c1-24-16-9-5-8-15(10-16)12-21-17(13-25-19(21)23)18(22)20-11-14-6-3-2-4-7-14/h2-10,17H,11-13H2,1H3,(H,20,22)/t17-/m0/s1. The minimum absolute atomic E-state index is 0.0590. The highest BCUT2D eigenvalue weighted by Crippen LogP contribution is 2.20. The number of carbonyl (C=O) groups is 2. The van der Waals surface area contributed by atoms with Crippen molar-refractivity contribution < 1.29 is 19.1 Å². The minimum Gasteiger partial charge on any atom is -0.497 e. The van der Waals surface area contributed by atoms with Gasteiger partial charge in [-0.2, -0.15) is 0 Å². The Bertz CT molecular complexity index is 748. The first kappa shape index (κ1) is 16.8. The number of carbonyl (C=O) groups excluding carboxylic acids is 2. The molecule has 1 saturated heterocycles. The van der Waals surface area contributed by atoms with Gasteiger partial charge in [0, 0.05) is 6.54 Å². The average Bonchev–Trinajstić information content (AvgIpc) is 3.01. The molecule has 0 spiro atoms. The maximum atomic E-state index is 12.5. The molecule has 1 aliphatic heterocycles. The summed E-state index contributed by atoms with van der Waals surface area (Å²) >= 11 is 0. The van der Waals surface area contributed by atoms with Crippen LogP contribution in [0.5, 0.6) is 5.75 Å². The number of methoxy groups -OCH3 is 1. The third-order valence-electron chi connectivity index (χ3n) is 4.07. The van der Waals surface area contributed by atoms with E-state index in [1.54, 1.807) is 7.11 Å². The van der Waals surface area contributed by atoms with Crippen molar-refractivity contribution in [3.8, 4) is 5.75 Å². The Morgan fingerprint density at radius 1 is 1.20 bits per heavy atom. The zero-order chi connectivity index (χ0) is 17.6. The fraction of sp³-hybridized carbons (Fsp3) is 0.263. The summed E-state index contributed by atoms with van der Waals surface area (Å²) in [4.78, 5) is 25.9. The molecule has 2 aromatic rings. The van der Waals surface area contributed by atoms with Crippen LogP contribution in [0.4, 0.5) is 4.79 Å². The number of ether oxygens (including phenoxy) is 2. The first-order valence-electron chi connectivity index (χ1n) is 8.05. The van der Waals surface area contributed by atoms with E-state index in [1.165, 1.54) is 4.90 Å². The molecule has 2 amide bonds. The van der Waals surface area contributed by atoms with Gasteiger partial charge in [-0.05, 0) is 23.3 Å². The van der Waals surface area contributed by atoms with E-state index in [0.717, 1.165) is 11.1 Å². The van der Waals surface area contributed by atoms with E-state index in [-0.39, 0.29) is 12.5 Å². The lowest BCUT2D eigenvalue weighted by molar-refractivity contribution is -0.125. The van der Waals surface area contributed by atoms with Gasteiger partial charge >= 0.3 is 6.09 Å². The van der Waals surface area contributed by atoms with Gasteiger partial charge < -0.3 is 14.8 Å². The number of benzene rings is 2. The summed E-state index contributed by atoms with van der Waals surface area (Å²) in [6.07, 6.45) is -0.484. The van der Waals surface area contributed by atoms with Crippen LogP contribution in [-0.4, -0.2) is 36.7 Å². The molecule has 0 bridgehead atoms. The fourth-order valence-electron chi connectivity index (χ4n) is 2.71. The highest BCUT2D eigenvalue weighted by Gasteiger charge is 2.37. The molecule has 0 aromatic heterocycles. The molecule has 1 heterocycles. The van der Waals surface area contributed by atoms with Crippen LogP contribution in [-0.2, 0) is 22.6 Å². The molecular weight excluding hydrogens is 320 g/mol. The molecule has 130 valence electrons. The molecule has 1 N–H and O–H groups in total. The second kappa shape index (κ2) is 7.70. The van der Waals surface area contributed by atoms with E-state index in [0.29, 0.717) is 18.8 Å². The molecule has 6 heteroatoms. The molecule has 6 nitrogen and oxygen atoms in total. The normalized spacial score (nSPS) is 16.4. The average molecular weight is 340 g/mol. The van der Waals surface area contributed by atoms with Gasteiger partial charge in [0.05, 0.1) is 13.7 Å². The minimum atomic E-state index is -0.637. The Morgan fingerprint density at radius 3 is 2.72 bits per heavy atom. The maximum Gasteiger partial charge on any atom is 0.410 e. The summed E-state index contributed by atoms with van der Waals surface area (Å²) in [6, 6.07) is 16.4. The van der Waals surface area contributed by atoms with E-state index >= 15 is 0 Å². The number of amides is 2. The van der Waals surface area contributed by atoms with Crippen molar-refractivity contribution in [3.63, 3.8) is 0 Å². The Hall–Kier alpha value is -3.02. The Morgan fingerprint density at radius 2 is 1.96 bits per heavy atom. The highest BCUT2D eigenvalue weighted by atomic mass is 16.6. The predicted octanol–water partition coefficient (Wildman–Crippen LogP) is 2.33. The molecule has 1 atom stereocenters. The van der Waals surface area contributed by atoms with Crippen LogP contribution in [0.3, 0.4) is 0 Å². The van der Waals surface area contributed by atoms with E-state index < -0.39 is 12.1 Å². The second-order valence-electron chi connectivity index (χ2n) is 5.78. The topological polar surface area (TPSA) is 67.9 Å². The number of hydrogen-bond acceptors (Lipinski definition) is 4. The maximum absolute atomic E-state index is 12.5. The molecule has 2 aromatic carbocycles. The highest BCUT2D eigenvalue weighted by molar-refractivity contribution is 5.87. The summed E-state index contributed by atoms with van der Waals surface area (Å²) in [5.74, 6) is 0.479. The third-order valence-corrected chi connectivity index (χ3v) is 4.07. The van der Waals surface area contributed by atoms with Gasteiger partial charge in [0.1, 0.15) is 18.4 Å². The summed E-state index contributed by atoms with van der Waals surface area (Å²) in [6.45, 7) is 0.764. The van der Waals surface area contributed by atoms with Crippen molar-refractivity contribution in [1.82, 2.24) is 10.2 Å². The lowest BCUT2D eigenvalue weighted by Gasteiger charge is -2.21. The number of rotatable bonds is 6.